The van der Waals surface area contributed by atoms with E-state index in [2.05, 4.69) is 15.1 Å². The van der Waals surface area contributed by atoms with Crippen molar-refractivity contribution < 1.29 is 27.4 Å². The van der Waals surface area contributed by atoms with Gasteiger partial charge in [0.1, 0.15) is 24.4 Å². The number of hydrogen-bond donors (Lipinski definition) is 1. The molecule has 0 unspecified atom stereocenters. The Morgan fingerprint density at radius 1 is 0.818 bits per heavy atom. The van der Waals surface area contributed by atoms with Gasteiger partial charge in [0.25, 0.3) is 5.16 Å². The van der Waals surface area contributed by atoms with Gasteiger partial charge in [-0.1, -0.05) is 91.0 Å². The lowest BCUT2D eigenvalue weighted by atomic mass is 10.0. The number of anilines is 1. The fraction of sp³-hybridized carbons (Fsp3) is 0.281. The SMILES string of the molecule is CS(=O)(=O)c1nc(N)c2ncc([C@@H]3O[C@H](COCc4ccccc4)[C@@H](OCc4ccccc4)[C@H]3OCc3ccccc3)n2n1. The van der Waals surface area contributed by atoms with Crippen LogP contribution in [-0.2, 0) is 48.6 Å². The van der Waals surface area contributed by atoms with Crippen molar-refractivity contribution in [2.45, 2.75) is 49.4 Å². The molecule has 44 heavy (non-hydrogen) atoms. The van der Waals surface area contributed by atoms with Gasteiger partial charge in [0.2, 0.25) is 9.84 Å². The van der Waals surface area contributed by atoms with Crippen LogP contribution < -0.4 is 5.73 Å². The zero-order chi connectivity index (χ0) is 30.5. The van der Waals surface area contributed by atoms with Crippen LogP contribution in [0.3, 0.4) is 0 Å². The Kier molecular flexibility index (Phi) is 8.96. The van der Waals surface area contributed by atoms with Gasteiger partial charge in [-0.15, -0.1) is 5.10 Å². The minimum absolute atomic E-state index is 0.0638. The number of sulfone groups is 1. The molecule has 4 atom stereocenters. The number of imidazole rings is 1. The van der Waals surface area contributed by atoms with Crippen LogP contribution in [0.25, 0.3) is 5.65 Å². The average molecular weight is 616 g/mol. The fourth-order valence-electron chi connectivity index (χ4n) is 5.13. The quantitative estimate of drug-likeness (QED) is 0.219. The van der Waals surface area contributed by atoms with E-state index in [1.807, 2.05) is 91.0 Å². The van der Waals surface area contributed by atoms with E-state index in [0.717, 1.165) is 22.9 Å². The van der Waals surface area contributed by atoms with E-state index >= 15 is 0 Å². The van der Waals surface area contributed by atoms with E-state index in [-0.39, 0.29) is 24.7 Å². The highest BCUT2D eigenvalue weighted by Gasteiger charge is 2.48. The summed E-state index contributed by atoms with van der Waals surface area (Å²) in [5.74, 6) is -0.0638. The molecule has 2 N–H and O–H groups in total. The van der Waals surface area contributed by atoms with Crippen molar-refractivity contribution in [3.63, 3.8) is 0 Å². The van der Waals surface area contributed by atoms with Crippen molar-refractivity contribution in [3.05, 3.63) is 120 Å². The number of rotatable bonds is 12. The molecule has 0 radical (unpaired) electrons. The predicted molar refractivity (Wildman–Crippen MR) is 162 cm³/mol. The lowest BCUT2D eigenvalue weighted by Crippen LogP contribution is -2.38. The summed E-state index contributed by atoms with van der Waals surface area (Å²) in [4.78, 5) is 8.34. The smallest absolute Gasteiger partial charge is 0.267 e. The molecule has 1 aliphatic rings. The molecule has 0 bridgehead atoms. The Hall–Kier alpha value is -4.20. The molecule has 1 aliphatic heterocycles. The summed E-state index contributed by atoms with van der Waals surface area (Å²) in [5.41, 5.74) is 9.77. The van der Waals surface area contributed by atoms with Crippen LogP contribution in [0.15, 0.2) is 102 Å². The maximum atomic E-state index is 12.4. The number of nitrogens with two attached hydrogens (primary N) is 1. The summed E-state index contributed by atoms with van der Waals surface area (Å²) >= 11 is 0. The van der Waals surface area contributed by atoms with Gasteiger partial charge < -0.3 is 24.7 Å². The Labute approximate surface area is 255 Å². The fourth-order valence-corrected chi connectivity index (χ4v) is 5.63. The second kappa shape index (κ2) is 13.2. The van der Waals surface area contributed by atoms with Gasteiger partial charge in [0.15, 0.2) is 11.5 Å². The maximum absolute atomic E-state index is 12.4. The molecule has 0 saturated carbocycles. The third-order valence-corrected chi connectivity index (χ3v) is 8.13. The van der Waals surface area contributed by atoms with Gasteiger partial charge in [-0.3, -0.25) is 0 Å². The van der Waals surface area contributed by atoms with Gasteiger partial charge in [-0.05, 0) is 16.7 Å². The first-order chi connectivity index (χ1) is 21.4. The summed E-state index contributed by atoms with van der Waals surface area (Å²) in [5, 5.41) is 3.86. The van der Waals surface area contributed by atoms with Gasteiger partial charge in [-0.25, -0.2) is 17.9 Å². The lowest BCUT2D eigenvalue weighted by Gasteiger charge is -2.25. The highest BCUT2D eigenvalue weighted by molar-refractivity contribution is 7.90. The van der Waals surface area contributed by atoms with Crippen molar-refractivity contribution in [2.75, 3.05) is 18.6 Å². The van der Waals surface area contributed by atoms with E-state index < -0.39 is 39.4 Å². The van der Waals surface area contributed by atoms with Crippen LogP contribution in [0, 0.1) is 0 Å². The van der Waals surface area contributed by atoms with Crippen molar-refractivity contribution in [1.29, 1.82) is 0 Å². The summed E-state index contributed by atoms with van der Waals surface area (Å²) in [6.45, 7) is 1.22. The van der Waals surface area contributed by atoms with Crippen molar-refractivity contribution in [3.8, 4) is 0 Å². The Balaban J connectivity index is 1.35. The number of benzene rings is 3. The van der Waals surface area contributed by atoms with Crippen molar-refractivity contribution in [1.82, 2.24) is 19.6 Å². The van der Waals surface area contributed by atoms with E-state index in [4.69, 9.17) is 24.7 Å². The van der Waals surface area contributed by atoms with Crippen LogP contribution in [0.5, 0.6) is 0 Å². The summed E-state index contributed by atoms with van der Waals surface area (Å²) in [7, 11) is -3.76. The number of ether oxygens (including phenoxy) is 4. The van der Waals surface area contributed by atoms with Gasteiger partial charge in [-0.2, -0.15) is 4.98 Å². The summed E-state index contributed by atoms with van der Waals surface area (Å²) in [6.07, 6.45) is 0.0993. The molecule has 0 spiro atoms. The zero-order valence-electron chi connectivity index (χ0n) is 24.1. The van der Waals surface area contributed by atoms with E-state index in [1.165, 1.54) is 4.52 Å². The van der Waals surface area contributed by atoms with Crippen molar-refractivity contribution >= 4 is 21.3 Å². The Bertz CT molecular complexity index is 1790. The Morgan fingerprint density at radius 2 is 1.36 bits per heavy atom. The zero-order valence-corrected chi connectivity index (χ0v) is 24.9. The molecular formula is C32H33N5O6S. The number of nitrogens with zero attached hydrogens (tertiary/aromatic N) is 4. The molecule has 0 amide bonds. The van der Waals surface area contributed by atoms with Gasteiger partial charge in [0, 0.05) is 6.26 Å². The topological polar surface area (TPSA) is 140 Å². The molecule has 11 nitrogen and oxygen atoms in total. The van der Waals surface area contributed by atoms with Crippen molar-refractivity contribution in [2.24, 2.45) is 0 Å². The van der Waals surface area contributed by atoms with E-state index in [9.17, 15) is 8.42 Å². The second-order valence-corrected chi connectivity index (χ2v) is 12.5. The van der Waals surface area contributed by atoms with Crippen LogP contribution in [0.4, 0.5) is 5.82 Å². The third kappa shape index (κ3) is 6.79. The number of fused-ring (bicyclic) bond motifs is 1. The van der Waals surface area contributed by atoms with E-state index in [0.29, 0.717) is 18.9 Å². The van der Waals surface area contributed by atoms with Gasteiger partial charge >= 0.3 is 0 Å². The second-order valence-electron chi connectivity index (χ2n) is 10.6. The summed E-state index contributed by atoms with van der Waals surface area (Å²) in [6, 6.07) is 29.5. The molecule has 1 saturated heterocycles. The standard InChI is InChI=1S/C32H33N5O6S/c1-44(38,39)32-35-30(33)31-34-17-25(37(31)36-32)27-29(42-20-24-15-9-4-10-16-24)28(41-19-23-13-7-3-8-14-23)26(43-27)21-40-18-22-11-5-2-6-12-22/h2-17,26-29H,18-21H2,1H3,(H2,33,35,36)/t26-,27+,28-,29+/m1/s1. The predicted octanol–water partition coefficient (Wildman–Crippen LogP) is 3.94. The van der Waals surface area contributed by atoms with Gasteiger partial charge in [0.05, 0.1) is 38.3 Å². The lowest BCUT2D eigenvalue weighted by molar-refractivity contribution is -0.0898. The number of aromatic nitrogens is 4. The molecule has 12 heteroatoms. The van der Waals surface area contributed by atoms with Crippen LogP contribution in [0.2, 0.25) is 0 Å². The minimum atomic E-state index is -3.76. The monoisotopic (exact) mass is 615 g/mol. The molecule has 228 valence electrons. The van der Waals surface area contributed by atoms with Crippen LogP contribution in [0.1, 0.15) is 28.5 Å². The third-order valence-electron chi connectivity index (χ3n) is 7.29. The number of hydrogen-bond acceptors (Lipinski definition) is 10. The first kappa shape index (κ1) is 29.9. The van der Waals surface area contributed by atoms with Crippen LogP contribution >= 0.6 is 0 Å². The average Bonchev–Trinajstić information content (AvgIpc) is 3.61. The molecule has 2 aromatic heterocycles. The highest BCUT2D eigenvalue weighted by Crippen LogP contribution is 2.39. The first-order valence-electron chi connectivity index (χ1n) is 14.2. The molecule has 1 fully saturated rings. The normalized spacial score (nSPS) is 20.3. The van der Waals surface area contributed by atoms with E-state index in [1.54, 1.807) is 6.20 Å². The summed E-state index contributed by atoms with van der Waals surface area (Å²) < 4.78 is 51.9. The molecule has 0 aliphatic carbocycles. The first-order valence-corrected chi connectivity index (χ1v) is 16.1. The highest BCUT2D eigenvalue weighted by atomic mass is 32.2. The van der Waals surface area contributed by atoms with Crippen LogP contribution in [-0.4, -0.2) is 59.2 Å². The molecule has 5 aromatic rings. The molecular weight excluding hydrogens is 582 g/mol. The molecule has 6 rings (SSSR count). The molecule has 3 heterocycles. The largest absolute Gasteiger partial charge is 0.380 e. The Morgan fingerprint density at radius 3 is 1.93 bits per heavy atom. The molecule has 3 aromatic carbocycles. The number of nitrogen functional groups attached to an aromatic ring is 1. The maximum Gasteiger partial charge on any atom is 0.267 e. The minimum Gasteiger partial charge on any atom is -0.380 e.